The molecule has 0 spiro atoms. The van der Waals surface area contributed by atoms with Crippen LogP contribution >= 0.6 is 0 Å². The van der Waals surface area contributed by atoms with Gasteiger partial charge in [-0.2, -0.15) is 0 Å². The van der Waals surface area contributed by atoms with Gasteiger partial charge < -0.3 is 25.8 Å². The number of nitrogens with zero attached hydrogens (tertiary/aromatic N) is 1. The Morgan fingerprint density at radius 3 is 1.87 bits per heavy atom. The number of benzene rings is 4. The molecular weight excluding hydrogens is 593 g/mol. The molecule has 0 saturated heterocycles. The minimum absolute atomic E-state index is 0.0974. The minimum Gasteiger partial charge on any atom is -0.481 e. The summed E-state index contributed by atoms with van der Waals surface area (Å²) < 4.78 is 15.9. The molecule has 0 aliphatic rings. The summed E-state index contributed by atoms with van der Waals surface area (Å²) in [6, 6.07) is 35.0. The van der Waals surface area contributed by atoms with Crippen molar-refractivity contribution in [1.82, 2.24) is 4.57 Å². The van der Waals surface area contributed by atoms with Crippen LogP contribution in [0.3, 0.4) is 0 Å². The number of aliphatic hydroxyl groups is 1. The monoisotopic (exact) mass is 635 g/mol. The van der Waals surface area contributed by atoms with E-state index in [0.29, 0.717) is 28.1 Å². The van der Waals surface area contributed by atoms with Gasteiger partial charge in [-0.05, 0) is 72.4 Å². The Balaban J connectivity index is 0.000000479. The number of anilines is 1. The molecule has 1 amide bonds. The molecule has 4 aromatic carbocycles. The first-order chi connectivity index (χ1) is 22.6. The molecule has 47 heavy (non-hydrogen) atoms. The molecule has 0 saturated carbocycles. The third-order valence-electron chi connectivity index (χ3n) is 7.71. The van der Waals surface area contributed by atoms with Gasteiger partial charge in [0, 0.05) is 29.5 Å². The van der Waals surface area contributed by atoms with Gasteiger partial charge in [0.05, 0.1) is 23.8 Å². The second-order valence-electron chi connectivity index (χ2n) is 11.7. The first-order valence-corrected chi connectivity index (χ1v) is 15.7. The van der Waals surface area contributed by atoms with E-state index in [-0.39, 0.29) is 43.1 Å². The van der Waals surface area contributed by atoms with E-state index in [1.165, 1.54) is 17.7 Å². The fourth-order valence-electron chi connectivity index (χ4n) is 5.55. The molecule has 7 nitrogen and oxygen atoms in total. The number of carboxylic acids is 1. The van der Waals surface area contributed by atoms with E-state index in [4.69, 9.17) is 10.8 Å². The summed E-state index contributed by atoms with van der Waals surface area (Å²) in [6.07, 6.45) is -1.27. The average Bonchev–Trinajstić information content (AvgIpc) is 3.41. The van der Waals surface area contributed by atoms with Crippen LogP contribution in [-0.2, 0) is 11.3 Å². The maximum atomic E-state index is 14.0. The van der Waals surface area contributed by atoms with Crippen LogP contribution in [0.1, 0.15) is 67.2 Å². The number of carboxylic acid groups (broad SMARTS) is 1. The van der Waals surface area contributed by atoms with Crippen molar-refractivity contribution in [1.29, 1.82) is 0 Å². The quantitative estimate of drug-likeness (QED) is 0.117. The molecule has 0 aliphatic heterocycles. The normalized spacial score (nSPS) is 12.1. The standard InChI is InChI=1S/C31H31FN2O4.C8H11N/c1-20(2)29-28(31(38)33-24-11-7-4-8-12-24)27(21-9-5-3-6-10-21)30(22-13-15-23(32)16-14-22)34(29)18-17-25(35)19-26(36)37;1-7(9)8-5-3-2-4-6-8/h3-16,20,25,35H,17-19H2,1-2H3,(H,33,38)(H,36,37);2-7H,9H2,1H3. The van der Waals surface area contributed by atoms with Crippen LogP contribution < -0.4 is 11.1 Å². The van der Waals surface area contributed by atoms with Gasteiger partial charge in [-0.25, -0.2) is 4.39 Å². The Morgan fingerprint density at radius 2 is 1.36 bits per heavy atom. The number of rotatable bonds is 11. The Kier molecular flexibility index (Phi) is 12.2. The van der Waals surface area contributed by atoms with Crippen molar-refractivity contribution < 1.29 is 24.2 Å². The highest BCUT2D eigenvalue weighted by atomic mass is 19.1. The smallest absolute Gasteiger partial charge is 0.305 e. The summed E-state index contributed by atoms with van der Waals surface area (Å²) >= 11 is 0. The predicted molar refractivity (Wildman–Crippen MR) is 186 cm³/mol. The highest BCUT2D eigenvalue weighted by molar-refractivity contribution is 6.12. The van der Waals surface area contributed by atoms with Crippen LogP contribution in [0.15, 0.2) is 115 Å². The first-order valence-electron chi connectivity index (χ1n) is 15.7. The summed E-state index contributed by atoms with van der Waals surface area (Å²) in [7, 11) is 0. The fourth-order valence-corrected chi connectivity index (χ4v) is 5.55. The topological polar surface area (TPSA) is 118 Å². The predicted octanol–water partition coefficient (Wildman–Crippen LogP) is 8.27. The number of aromatic nitrogens is 1. The molecule has 0 fully saturated rings. The van der Waals surface area contributed by atoms with Gasteiger partial charge in [0.25, 0.3) is 5.91 Å². The van der Waals surface area contributed by atoms with Crippen molar-refractivity contribution in [2.45, 2.75) is 58.2 Å². The van der Waals surface area contributed by atoms with Gasteiger partial charge in [-0.1, -0.05) is 92.7 Å². The molecule has 0 radical (unpaired) electrons. The second-order valence-corrected chi connectivity index (χ2v) is 11.7. The maximum Gasteiger partial charge on any atom is 0.305 e. The van der Waals surface area contributed by atoms with Crippen LogP contribution in [-0.4, -0.2) is 32.8 Å². The summed E-state index contributed by atoms with van der Waals surface area (Å²) in [4.78, 5) is 25.1. The number of nitrogens with two attached hydrogens (primary N) is 1. The molecule has 5 rings (SSSR count). The van der Waals surface area contributed by atoms with Crippen molar-refractivity contribution >= 4 is 17.6 Å². The number of hydrogen-bond donors (Lipinski definition) is 4. The summed E-state index contributed by atoms with van der Waals surface area (Å²) in [5.74, 6) is -1.84. The van der Waals surface area contributed by atoms with Crippen molar-refractivity contribution in [2.24, 2.45) is 5.73 Å². The molecule has 5 N–H and O–H groups in total. The van der Waals surface area contributed by atoms with Crippen molar-refractivity contribution in [3.8, 4) is 22.4 Å². The van der Waals surface area contributed by atoms with E-state index in [2.05, 4.69) is 5.32 Å². The molecule has 5 aromatic rings. The SMILES string of the molecule is CC(C)c1c(C(=O)Nc2ccccc2)c(-c2ccccc2)c(-c2ccc(F)cc2)n1CCC(O)CC(=O)O.CC(N)c1ccccc1. The molecule has 8 heteroatoms. The van der Waals surface area contributed by atoms with E-state index < -0.39 is 12.1 Å². The Bertz CT molecular complexity index is 1740. The van der Waals surface area contributed by atoms with Crippen molar-refractivity contribution in [3.63, 3.8) is 0 Å². The number of aliphatic hydroxyl groups excluding tert-OH is 1. The zero-order chi connectivity index (χ0) is 33.9. The third kappa shape index (κ3) is 9.25. The van der Waals surface area contributed by atoms with Crippen LogP contribution in [0.2, 0.25) is 0 Å². The van der Waals surface area contributed by atoms with Gasteiger partial charge in [-0.15, -0.1) is 0 Å². The number of halogens is 1. The van der Waals surface area contributed by atoms with E-state index in [9.17, 15) is 19.1 Å². The Labute approximate surface area is 275 Å². The lowest BCUT2D eigenvalue weighted by atomic mass is 9.94. The Hall–Kier alpha value is -5.05. The number of hydrogen-bond acceptors (Lipinski definition) is 4. The lowest BCUT2D eigenvalue weighted by Gasteiger charge is -2.18. The van der Waals surface area contributed by atoms with E-state index in [0.717, 1.165) is 11.3 Å². The number of carbonyl (C=O) groups is 2. The van der Waals surface area contributed by atoms with Crippen LogP contribution in [0.25, 0.3) is 22.4 Å². The minimum atomic E-state index is -1.08. The van der Waals surface area contributed by atoms with Crippen LogP contribution in [0.5, 0.6) is 0 Å². The molecule has 0 bridgehead atoms. The van der Waals surface area contributed by atoms with Gasteiger partial charge >= 0.3 is 5.97 Å². The highest BCUT2D eigenvalue weighted by Crippen LogP contribution is 2.42. The maximum absolute atomic E-state index is 14.0. The van der Waals surface area contributed by atoms with E-state index in [1.807, 2.05) is 116 Å². The lowest BCUT2D eigenvalue weighted by molar-refractivity contribution is -0.139. The first kappa shape index (κ1) is 34.8. The van der Waals surface area contributed by atoms with E-state index >= 15 is 0 Å². The van der Waals surface area contributed by atoms with Gasteiger partial charge in [0.2, 0.25) is 0 Å². The van der Waals surface area contributed by atoms with Gasteiger partial charge in [0.15, 0.2) is 0 Å². The molecule has 244 valence electrons. The largest absolute Gasteiger partial charge is 0.481 e. The molecule has 2 unspecified atom stereocenters. The number of amides is 1. The molecule has 1 heterocycles. The lowest BCUT2D eigenvalue weighted by Crippen LogP contribution is -2.19. The average molecular weight is 636 g/mol. The number of aliphatic carboxylic acids is 1. The highest BCUT2D eigenvalue weighted by Gasteiger charge is 2.30. The van der Waals surface area contributed by atoms with Crippen LogP contribution in [0.4, 0.5) is 10.1 Å². The second kappa shape index (κ2) is 16.5. The van der Waals surface area contributed by atoms with Gasteiger partial charge in [0.1, 0.15) is 5.82 Å². The van der Waals surface area contributed by atoms with Crippen molar-refractivity contribution in [3.05, 3.63) is 138 Å². The number of nitrogens with one attached hydrogen (secondary N) is 1. The Morgan fingerprint density at radius 1 is 0.809 bits per heavy atom. The summed E-state index contributed by atoms with van der Waals surface area (Å²) in [6.45, 7) is 6.23. The van der Waals surface area contributed by atoms with Crippen LogP contribution in [0, 0.1) is 5.82 Å². The molecular formula is C39H42FN3O4. The summed E-state index contributed by atoms with van der Waals surface area (Å²) in [5, 5.41) is 22.5. The van der Waals surface area contributed by atoms with E-state index in [1.54, 1.807) is 12.1 Å². The third-order valence-corrected chi connectivity index (χ3v) is 7.71. The zero-order valence-electron chi connectivity index (χ0n) is 26.9. The summed E-state index contributed by atoms with van der Waals surface area (Å²) in [5.41, 5.74) is 11.6. The number of carbonyl (C=O) groups excluding carboxylic acids is 1. The number of para-hydroxylation sites is 1. The molecule has 1 aromatic heterocycles. The molecule has 0 aliphatic carbocycles. The zero-order valence-corrected chi connectivity index (χ0v) is 26.9. The van der Waals surface area contributed by atoms with Gasteiger partial charge in [-0.3, -0.25) is 9.59 Å². The fraction of sp³-hybridized carbons (Fsp3) is 0.231. The van der Waals surface area contributed by atoms with Crippen molar-refractivity contribution in [2.75, 3.05) is 5.32 Å². The molecule has 2 atom stereocenters.